The summed E-state index contributed by atoms with van der Waals surface area (Å²) in [4.78, 5) is 16.5. The number of halogens is 2. The molecule has 1 amide bonds. The van der Waals surface area contributed by atoms with Crippen molar-refractivity contribution in [3.63, 3.8) is 0 Å². The standard InChI is InChI=1S/C18H14Cl2N2OS2/c19-13-6-7-14(15(20)8-13)16-10-25-18(21-16)22-17(23)11-24-9-12-4-2-1-3-5-12/h1-8,10H,9,11H2,(H,21,22,23). The lowest BCUT2D eigenvalue weighted by atomic mass is 10.2. The first-order chi connectivity index (χ1) is 12.1. The van der Waals surface area contributed by atoms with Gasteiger partial charge in [-0.2, -0.15) is 0 Å². The van der Waals surface area contributed by atoms with Crippen LogP contribution in [-0.4, -0.2) is 16.6 Å². The van der Waals surface area contributed by atoms with E-state index in [4.69, 9.17) is 23.2 Å². The molecule has 1 aromatic heterocycles. The Morgan fingerprint density at radius 2 is 1.96 bits per heavy atom. The summed E-state index contributed by atoms with van der Waals surface area (Å²) in [5.74, 6) is 1.12. The summed E-state index contributed by atoms with van der Waals surface area (Å²) in [5, 5.41) is 6.37. The SMILES string of the molecule is O=C(CSCc1ccccc1)Nc1nc(-c2ccc(Cl)cc2Cl)cs1. The summed E-state index contributed by atoms with van der Waals surface area (Å²) < 4.78 is 0. The molecule has 3 rings (SSSR count). The van der Waals surface area contributed by atoms with E-state index in [1.165, 1.54) is 16.9 Å². The van der Waals surface area contributed by atoms with E-state index < -0.39 is 0 Å². The minimum absolute atomic E-state index is 0.0657. The van der Waals surface area contributed by atoms with Crippen molar-refractivity contribution in [2.45, 2.75) is 5.75 Å². The van der Waals surface area contributed by atoms with Crippen molar-refractivity contribution < 1.29 is 4.79 Å². The number of rotatable bonds is 6. The van der Waals surface area contributed by atoms with Gasteiger partial charge in [-0.1, -0.05) is 53.5 Å². The van der Waals surface area contributed by atoms with Crippen molar-refractivity contribution in [2.75, 3.05) is 11.1 Å². The van der Waals surface area contributed by atoms with Gasteiger partial charge in [0, 0.05) is 21.7 Å². The zero-order chi connectivity index (χ0) is 17.6. The van der Waals surface area contributed by atoms with Gasteiger partial charge in [0.2, 0.25) is 5.91 Å². The molecule has 0 aliphatic heterocycles. The minimum atomic E-state index is -0.0657. The number of nitrogens with zero attached hydrogens (tertiary/aromatic N) is 1. The van der Waals surface area contributed by atoms with Gasteiger partial charge >= 0.3 is 0 Å². The fourth-order valence-electron chi connectivity index (χ4n) is 2.14. The number of benzene rings is 2. The van der Waals surface area contributed by atoms with Crippen molar-refractivity contribution in [1.29, 1.82) is 0 Å². The van der Waals surface area contributed by atoms with Gasteiger partial charge in [0.25, 0.3) is 0 Å². The maximum absolute atomic E-state index is 12.1. The second-order valence-electron chi connectivity index (χ2n) is 5.19. The summed E-state index contributed by atoms with van der Waals surface area (Å²) in [6, 6.07) is 15.3. The quantitative estimate of drug-likeness (QED) is 0.544. The van der Waals surface area contributed by atoms with E-state index in [1.807, 2.05) is 41.8 Å². The van der Waals surface area contributed by atoms with Crippen LogP contribution in [-0.2, 0) is 10.5 Å². The van der Waals surface area contributed by atoms with Gasteiger partial charge in [0.1, 0.15) is 0 Å². The first-order valence-electron chi connectivity index (χ1n) is 7.44. The molecular formula is C18H14Cl2N2OS2. The molecule has 128 valence electrons. The van der Waals surface area contributed by atoms with E-state index in [0.29, 0.717) is 20.9 Å². The van der Waals surface area contributed by atoms with Crippen LogP contribution < -0.4 is 5.32 Å². The Kier molecular flexibility index (Phi) is 6.37. The first-order valence-corrected chi connectivity index (χ1v) is 10.2. The Balaban J connectivity index is 1.55. The van der Waals surface area contributed by atoms with Gasteiger partial charge in [-0.15, -0.1) is 23.1 Å². The lowest BCUT2D eigenvalue weighted by molar-refractivity contribution is -0.113. The zero-order valence-corrected chi connectivity index (χ0v) is 16.2. The van der Waals surface area contributed by atoms with E-state index in [0.717, 1.165) is 17.0 Å². The van der Waals surface area contributed by atoms with Crippen LogP contribution in [0.15, 0.2) is 53.9 Å². The molecule has 1 N–H and O–H groups in total. The van der Waals surface area contributed by atoms with E-state index >= 15 is 0 Å². The molecule has 0 saturated carbocycles. The summed E-state index contributed by atoms with van der Waals surface area (Å²) in [6.45, 7) is 0. The molecule has 0 spiro atoms. The number of thioether (sulfide) groups is 1. The van der Waals surface area contributed by atoms with Crippen LogP contribution in [0.4, 0.5) is 5.13 Å². The van der Waals surface area contributed by atoms with E-state index in [-0.39, 0.29) is 5.91 Å². The summed E-state index contributed by atoms with van der Waals surface area (Å²) >= 11 is 15.0. The predicted octanol–water partition coefficient (Wildman–Crippen LogP) is 5.99. The number of carbonyl (C=O) groups is 1. The fraction of sp³-hybridized carbons (Fsp3) is 0.111. The molecule has 0 fully saturated rings. The zero-order valence-electron chi connectivity index (χ0n) is 13.0. The van der Waals surface area contributed by atoms with Crippen LogP contribution in [0.3, 0.4) is 0 Å². The molecular weight excluding hydrogens is 395 g/mol. The number of nitrogens with one attached hydrogen (secondary N) is 1. The van der Waals surface area contributed by atoms with Gasteiger partial charge in [-0.3, -0.25) is 4.79 Å². The average Bonchev–Trinajstić information content (AvgIpc) is 3.04. The van der Waals surface area contributed by atoms with Crippen LogP contribution in [0.2, 0.25) is 10.0 Å². The van der Waals surface area contributed by atoms with Gasteiger partial charge in [-0.05, 0) is 23.8 Å². The number of aromatic nitrogens is 1. The van der Waals surface area contributed by atoms with Crippen molar-refractivity contribution in [3.05, 3.63) is 69.5 Å². The molecule has 0 atom stereocenters. The number of anilines is 1. The molecule has 7 heteroatoms. The number of amides is 1. The highest BCUT2D eigenvalue weighted by Gasteiger charge is 2.11. The Morgan fingerprint density at radius 3 is 2.72 bits per heavy atom. The molecule has 2 aromatic carbocycles. The lowest BCUT2D eigenvalue weighted by Crippen LogP contribution is -2.13. The van der Waals surface area contributed by atoms with Crippen LogP contribution >= 0.6 is 46.3 Å². The highest BCUT2D eigenvalue weighted by molar-refractivity contribution is 7.99. The molecule has 0 radical (unpaired) electrons. The summed E-state index contributed by atoms with van der Waals surface area (Å²) in [6.07, 6.45) is 0. The van der Waals surface area contributed by atoms with Crippen LogP contribution in [0.5, 0.6) is 0 Å². The highest BCUT2D eigenvalue weighted by Crippen LogP contribution is 2.32. The molecule has 0 bridgehead atoms. The third-order valence-corrected chi connectivity index (χ3v) is 5.61. The van der Waals surface area contributed by atoms with Gasteiger partial charge in [-0.25, -0.2) is 4.98 Å². The second-order valence-corrected chi connectivity index (χ2v) is 7.88. The van der Waals surface area contributed by atoms with E-state index in [1.54, 1.807) is 23.9 Å². The van der Waals surface area contributed by atoms with E-state index in [9.17, 15) is 4.79 Å². The Labute approximate surface area is 164 Å². The molecule has 0 saturated heterocycles. The molecule has 0 aliphatic carbocycles. The molecule has 0 aliphatic rings. The lowest BCUT2D eigenvalue weighted by Gasteiger charge is -2.03. The summed E-state index contributed by atoms with van der Waals surface area (Å²) in [5.41, 5.74) is 2.72. The minimum Gasteiger partial charge on any atom is -0.301 e. The monoisotopic (exact) mass is 408 g/mol. The fourth-order valence-corrected chi connectivity index (χ4v) is 4.16. The Morgan fingerprint density at radius 1 is 1.16 bits per heavy atom. The Hall–Kier alpha value is -1.53. The predicted molar refractivity (Wildman–Crippen MR) is 109 cm³/mol. The largest absolute Gasteiger partial charge is 0.301 e. The number of hydrogen-bond donors (Lipinski definition) is 1. The van der Waals surface area contributed by atoms with Crippen LogP contribution in [0.25, 0.3) is 11.3 Å². The number of hydrogen-bond acceptors (Lipinski definition) is 4. The average molecular weight is 409 g/mol. The van der Waals surface area contributed by atoms with Crippen LogP contribution in [0.1, 0.15) is 5.56 Å². The van der Waals surface area contributed by atoms with Gasteiger partial charge in [0.15, 0.2) is 5.13 Å². The third-order valence-electron chi connectivity index (χ3n) is 3.30. The number of thiazole rings is 1. The maximum Gasteiger partial charge on any atom is 0.236 e. The van der Waals surface area contributed by atoms with Crippen molar-refractivity contribution in [1.82, 2.24) is 4.98 Å². The topological polar surface area (TPSA) is 42.0 Å². The smallest absolute Gasteiger partial charge is 0.236 e. The van der Waals surface area contributed by atoms with Crippen molar-refractivity contribution in [2.24, 2.45) is 0 Å². The van der Waals surface area contributed by atoms with Crippen molar-refractivity contribution >= 4 is 57.3 Å². The number of carbonyl (C=O) groups excluding carboxylic acids is 1. The summed E-state index contributed by atoms with van der Waals surface area (Å²) in [7, 11) is 0. The molecule has 0 unspecified atom stereocenters. The van der Waals surface area contributed by atoms with Gasteiger partial charge in [0.05, 0.1) is 16.5 Å². The highest BCUT2D eigenvalue weighted by atomic mass is 35.5. The van der Waals surface area contributed by atoms with Crippen molar-refractivity contribution in [3.8, 4) is 11.3 Å². The molecule has 1 heterocycles. The third kappa shape index (κ3) is 5.22. The van der Waals surface area contributed by atoms with Gasteiger partial charge < -0.3 is 5.32 Å². The Bertz CT molecular complexity index is 869. The van der Waals surface area contributed by atoms with E-state index in [2.05, 4.69) is 10.3 Å². The first kappa shape index (κ1) is 18.3. The second kappa shape index (κ2) is 8.72. The van der Waals surface area contributed by atoms with Crippen LogP contribution in [0, 0.1) is 0 Å². The molecule has 3 nitrogen and oxygen atoms in total. The molecule has 3 aromatic rings. The normalized spacial score (nSPS) is 10.6. The maximum atomic E-state index is 12.1. The molecule has 25 heavy (non-hydrogen) atoms.